The lowest BCUT2D eigenvalue weighted by molar-refractivity contribution is 0.454. The zero-order valence-electron chi connectivity index (χ0n) is 12.6. The number of allylic oxidation sites excluding steroid dienone is 2. The van der Waals surface area contributed by atoms with Gasteiger partial charge in [-0.1, -0.05) is 24.3 Å². The van der Waals surface area contributed by atoms with Crippen molar-refractivity contribution in [2.45, 2.75) is 31.6 Å². The van der Waals surface area contributed by atoms with Gasteiger partial charge in [0.25, 0.3) is 0 Å². The van der Waals surface area contributed by atoms with E-state index in [9.17, 15) is 5.26 Å². The highest BCUT2D eigenvalue weighted by molar-refractivity contribution is 5.81. The molecular formula is C19H17N3. The van der Waals surface area contributed by atoms with Crippen molar-refractivity contribution in [3.63, 3.8) is 0 Å². The van der Waals surface area contributed by atoms with Crippen LogP contribution in [0, 0.1) is 18.3 Å². The largest absolute Gasteiger partial charge is 0.401 e. The standard InChI is InChI=1S/C19H17N3/c1-12-8-15-14-4-2-3-5-16(14)19(17(15)11-22-12)7-6-18(21)13(9-19)10-20/h2-5,8,11H,6-7,9,21H2,1H3. The number of hydrogen-bond donors (Lipinski definition) is 1. The summed E-state index contributed by atoms with van der Waals surface area (Å²) in [6.45, 7) is 2.02. The fourth-order valence-corrected chi connectivity index (χ4v) is 4.02. The summed E-state index contributed by atoms with van der Waals surface area (Å²) in [5.41, 5.74) is 13.5. The van der Waals surface area contributed by atoms with Crippen molar-refractivity contribution >= 4 is 0 Å². The molecule has 0 radical (unpaired) electrons. The smallest absolute Gasteiger partial charge is 0.0965 e. The number of hydrogen-bond acceptors (Lipinski definition) is 3. The van der Waals surface area contributed by atoms with E-state index in [1.807, 2.05) is 13.1 Å². The molecule has 1 aromatic carbocycles. The molecule has 2 aromatic rings. The zero-order valence-corrected chi connectivity index (χ0v) is 12.6. The van der Waals surface area contributed by atoms with Crippen molar-refractivity contribution in [3.8, 4) is 17.2 Å². The first-order valence-corrected chi connectivity index (χ1v) is 7.60. The highest BCUT2D eigenvalue weighted by Gasteiger charge is 2.45. The first-order chi connectivity index (χ1) is 10.7. The van der Waals surface area contributed by atoms with E-state index in [2.05, 4.69) is 41.4 Å². The quantitative estimate of drug-likeness (QED) is 0.805. The molecule has 22 heavy (non-hydrogen) atoms. The van der Waals surface area contributed by atoms with Crippen LogP contribution in [0.2, 0.25) is 0 Å². The number of benzene rings is 1. The molecular weight excluding hydrogens is 270 g/mol. The Hall–Kier alpha value is -2.60. The predicted molar refractivity (Wildman–Crippen MR) is 85.9 cm³/mol. The van der Waals surface area contributed by atoms with E-state index >= 15 is 0 Å². The second kappa shape index (κ2) is 4.45. The summed E-state index contributed by atoms with van der Waals surface area (Å²) in [5, 5.41) is 9.44. The van der Waals surface area contributed by atoms with Crippen LogP contribution in [0.5, 0.6) is 0 Å². The van der Waals surface area contributed by atoms with Crippen LogP contribution in [0.4, 0.5) is 0 Å². The summed E-state index contributed by atoms with van der Waals surface area (Å²) < 4.78 is 0. The van der Waals surface area contributed by atoms with Gasteiger partial charge in [-0.2, -0.15) is 5.26 Å². The molecule has 0 bridgehead atoms. The Morgan fingerprint density at radius 1 is 1.23 bits per heavy atom. The van der Waals surface area contributed by atoms with E-state index in [0.717, 1.165) is 29.8 Å². The Bertz CT molecular complexity index is 857. The highest BCUT2D eigenvalue weighted by atomic mass is 14.7. The molecule has 108 valence electrons. The van der Waals surface area contributed by atoms with Crippen LogP contribution in [0.1, 0.15) is 36.1 Å². The molecule has 3 nitrogen and oxygen atoms in total. The minimum atomic E-state index is -0.138. The van der Waals surface area contributed by atoms with E-state index in [0.29, 0.717) is 6.42 Å². The molecule has 0 amide bonds. The first kappa shape index (κ1) is 13.1. The van der Waals surface area contributed by atoms with Gasteiger partial charge in [0, 0.05) is 28.6 Å². The number of pyridine rings is 1. The number of rotatable bonds is 0. The third-order valence-corrected chi connectivity index (χ3v) is 5.11. The summed E-state index contributed by atoms with van der Waals surface area (Å²) in [5.74, 6) is 0. The maximum absolute atomic E-state index is 9.44. The van der Waals surface area contributed by atoms with E-state index in [-0.39, 0.29) is 5.41 Å². The molecule has 1 atom stereocenters. The lowest BCUT2D eigenvalue weighted by atomic mass is 9.67. The third kappa shape index (κ3) is 1.58. The maximum atomic E-state index is 9.44. The maximum Gasteiger partial charge on any atom is 0.0965 e. The Morgan fingerprint density at radius 2 is 2.05 bits per heavy atom. The summed E-state index contributed by atoms with van der Waals surface area (Å²) in [7, 11) is 0. The fourth-order valence-electron chi connectivity index (χ4n) is 4.02. The summed E-state index contributed by atoms with van der Waals surface area (Å²) in [6, 6.07) is 13.0. The van der Waals surface area contributed by atoms with Gasteiger partial charge in [0.2, 0.25) is 0 Å². The van der Waals surface area contributed by atoms with Crippen LogP contribution in [-0.4, -0.2) is 4.98 Å². The van der Waals surface area contributed by atoms with Gasteiger partial charge in [-0.3, -0.25) is 4.98 Å². The van der Waals surface area contributed by atoms with E-state index in [1.54, 1.807) is 0 Å². The number of aryl methyl sites for hydroxylation is 1. The molecule has 1 aromatic heterocycles. The molecule has 0 saturated heterocycles. The van der Waals surface area contributed by atoms with Crippen molar-refractivity contribution in [2.75, 3.05) is 0 Å². The Balaban J connectivity index is 2.01. The number of fused-ring (bicyclic) bond motifs is 5. The molecule has 1 spiro atoms. The highest BCUT2D eigenvalue weighted by Crippen LogP contribution is 2.55. The van der Waals surface area contributed by atoms with Crippen molar-refractivity contribution in [1.29, 1.82) is 5.26 Å². The molecule has 0 fully saturated rings. The molecule has 2 aliphatic rings. The van der Waals surface area contributed by atoms with Crippen molar-refractivity contribution in [1.82, 2.24) is 4.98 Å². The summed E-state index contributed by atoms with van der Waals surface area (Å²) >= 11 is 0. The van der Waals surface area contributed by atoms with Gasteiger partial charge < -0.3 is 5.73 Å². The molecule has 2 aliphatic carbocycles. The number of nitrogens with two attached hydrogens (primary N) is 1. The van der Waals surface area contributed by atoms with Gasteiger partial charge in [-0.05, 0) is 54.5 Å². The van der Waals surface area contributed by atoms with Crippen LogP contribution >= 0.6 is 0 Å². The fraction of sp³-hybridized carbons (Fsp3) is 0.263. The molecule has 4 rings (SSSR count). The molecule has 1 unspecified atom stereocenters. The van der Waals surface area contributed by atoms with Crippen molar-refractivity contribution in [3.05, 3.63) is 64.6 Å². The second-order valence-electron chi connectivity index (χ2n) is 6.29. The van der Waals surface area contributed by atoms with Crippen LogP contribution in [0.25, 0.3) is 11.1 Å². The topological polar surface area (TPSA) is 62.7 Å². The van der Waals surface area contributed by atoms with E-state index < -0.39 is 0 Å². The number of nitrogens with zero attached hydrogens (tertiary/aromatic N) is 2. The van der Waals surface area contributed by atoms with Crippen LogP contribution in [0.3, 0.4) is 0 Å². The Morgan fingerprint density at radius 3 is 2.86 bits per heavy atom. The lowest BCUT2D eigenvalue weighted by Gasteiger charge is -2.35. The van der Waals surface area contributed by atoms with Gasteiger partial charge in [-0.25, -0.2) is 0 Å². The normalized spacial score (nSPS) is 22.4. The van der Waals surface area contributed by atoms with Gasteiger partial charge in [0.15, 0.2) is 0 Å². The third-order valence-electron chi connectivity index (χ3n) is 5.11. The van der Waals surface area contributed by atoms with E-state index in [4.69, 9.17) is 5.73 Å². The molecule has 1 heterocycles. The summed E-state index contributed by atoms with van der Waals surface area (Å²) in [6.07, 6.45) is 4.40. The molecule has 2 N–H and O–H groups in total. The second-order valence-corrected chi connectivity index (χ2v) is 6.29. The van der Waals surface area contributed by atoms with Gasteiger partial charge in [0.1, 0.15) is 0 Å². The average Bonchev–Trinajstić information content (AvgIpc) is 2.80. The van der Waals surface area contributed by atoms with Crippen molar-refractivity contribution < 1.29 is 0 Å². The van der Waals surface area contributed by atoms with Gasteiger partial charge >= 0.3 is 0 Å². The van der Waals surface area contributed by atoms with Crippen LogP contribution in [-0.2, 0) is 5.41 Å². The minimum Gasteiger partial charge on any atom is -0.401 e. The number of aromatic nitrogens is 1. The van der Waals surface area contributed by atoms with Crippen LogP contribution < -0.4 is 5.73 Å². The molecule has 3 heteroatoms. The van der Waals surface area contributed by atoms with E-state index in [1.165, 1.54) is 22.3 Å². The summed E-state index contributed by atoms with van der Waals surface area (Å²) in [4.78, 5) is 4.52. The minimum absolute atomic E-state index is 0.138. The van der Waals surface area contributed by atoms with Crippen LogP contribution in [0.15, 0.2) is 47.8 Å². The average molecular weight is 287 g/mol. The molecule has 0 aliphatic heterocycles. The SMILES string of the molecule is Cc1cc2c(cn1)C1(CCC(N)=C(C#N)C1)c1ccccc1-2. The number of nitriles is 1. The zero-order chi connectivity index (χ0) is 15.3. The first-order valence-electron chi connectivity index (χ1n) is 7.60. The predicted octanol–water partition coefficient (Wildman–Crippen LogP) is 3.58. The lowest BCUT2D eigenvalue weighted by Crippen LogP contribution is -2.31. The Labute approximate surface area is 130 Å². The van der Waals surface area contributed by atoms with Gasteiger partial charge in [-0.15, -0.1) is 0 Å². The monoisotopic (exact) mass is 287 g/mol. The Kier molecular flexibility index (Phi) is 2.65. The molecule has 0 saturated carbocycles. The van der Waals surface area contributed by atoms with Gasteiger partial charge in [0.05, 0.1) is 6.07 Å². The van der Waals surface area contributed by atoms with Crippen molar-refractivity contribution in [2.24, 2.45) is 5.73 Å².